The van der Waals surface area contributed by atoms with Gasteiger partial charge in [0.15, 0.2) is 11.9 Å². The number of fused-ring (bicyclic) bond motifs is 1. The Labute approximate surface area is 164 Å². The fourth-order valence-corrected chi connectivity index (χ4v) is 3.15. The highest BCUT2D eigenvalue weighted by Gasteiger charge is 2.34. The number of benzene rings is 2. The van der Waals surface area contributed by atoms with E-state index in [0.717, 1.165) is 12.1 Å². The first-order valence-corrected chi connectivity index (χ1v) is 9.39. The van der Waals surface area contributed by atoms with Gasteiger partial charge in [0.05, 0.1) is 5.69 Å². The molecular formula is C22H24N2O4. The first kappa shape index (κ1) is 19.6. The van der Waals surface area contributed by atoms with E-state index >= 15 is 0 Å². The van der Waals surface area contributed by atoms with Crippen LogP contribution in [0.1, 0.15) is 37.0 Å². The predicted octanol–water partition coefficient (Wildman–Crippen LogP) is 3.45. The van der Waals surface area contributed by atoms with Crippen LogP contribution < -0.4 is 14.5 Å². The zero-order chi connectivity index (χ0) is 20.3. The van der Waals surface area contributed by atoms with Gasteiger partial charge in [0.2, 0.25) is 5.91 Å². The number of likely N-dealkylation sites (N-methyl/N-ethyl adjacent to an activating group) is 1. The molecule has 0 fully saturated rings. The number of amides is 2. The number of anilines is 2. The molecule has 0 aliphatic carbocycles. The van der Waals surface area contributed by atoms with Crippen molar-refractivity contribution in [3.8, 4) is 5.75 Å². The summed E-state index contributed by atoms with van der Waals surface area (Å²) >= 11 is 0. The lowest BCUT2D eigenvalue weighted by Gasteiger charge is -2.33. The van der Waals surface area contributed by atoms with Crippen LogP contribution in [0, 0.1) is 0 Å². The largest absolute Gasteiger partial charge is 0.479 e. The number of ether oxygens (including phenoxy) is 1. The van der Waals surface area contributed by atoms with Gasteiger partial charge in [-0.15, -0.1) is 0 Å². The van der Waals surface area contributed by atoms with E-state index in [9.17, 15) is 14.4 Å². The third kappa shape index (κ3) is 3.91. The van der Waals surface area contributed by atoms with Crippen molar-refractivity contribution in [1.29, 1.82) is 0 Å². The summed E-state index contributed by atoms with van der Waals surface area (Å²) < 4.78 is 5.67. The van der Waals surface area contributed by atoms with Crippen molar-refractivity contribution >= 4 is 29.0 Å². The monoisotopic (exact) mass is 380 g/mol. The van der Waals surface area contributed by atoms with Gasteiger partial charge in [-0.05, 0) is 43.7 Å². The van der Waals surface area contributed by atoms with E-state index in [1.165, 1.54) is 9.80 Å². The molecule has 0 saturated carbocycles. The Bertz CT molecular complexity index is 895. The van der Waals surface area contributed by atoms with E-state index in [2.05, 4.69) is 0 Å². The number of carbonyl (C=O) groups is 3. The summed E-state index contributed by atoms with van der Waals surface area (Å²) in [5, 5.41) is 0. The van der Waals surface area contributed by atoms with Gasteiger partial charge in [0.1, 0.15) is 12.3 Å². The van der Waals surface area contributed by atoms with Crippen molar-refractivity contribution < 1.29 is 19.1 Å². The maximum absolute atomic E-state index is 12.8. The lowest BCUT2D eigenvalue weighted by Crippen LogP contribution is -2.49. The molecule has 0 radical (unpaired) electrons. The molecule has 1 atom stereocenters. The normalized spacial score (nSPS) is 15.6. The molecule has 1 unspecified atom stereocenters. The maximum atomic E-state index is 12.8. The molecule has 0 aromatic heterocycles. The van der Waals surface area contributed by atoms with Crippen LogP contribution in [0.4, 0.5) is 11.4 Å². The van der Waals surface area contributed by atoms with Gasteiger partial charge in [-0.25, -0.2) is 0 Å². The summed E-state index contributed by atoms with van der Waals surface area (Å²) in [4.78, 5) is 40.8. The molecule has 2 aromatic carbocycles. The van der Waals surface area contributed by atoms with Crippen molar-refractivity contribution in [2.75, 3.05) is 23.4 Å². The topological polar surface area (TPSA) is 66.9 Å². The highest BCUT2D eigenvalue weighted by Crippen LogP contribution is 2.35. The van der Waals surface area contributed by atoms with Crippen molar-refractivity contribution in [2.45, 2.75) is 32.8 Å². The Kier molecular flexibility index (Phi) is 5.78. The lowest BCUT2D eigenvalue weighted by atomic mass is 10.0. The SMILES string of the molecule is CCCC(=O)c1ccc2c(c1)N(CC(=O)N(C)c1ccccc1)C(=O)C(C)O2. The Hall–Kier alpha value is -3.15. The van der Waals surface area contributed by atoms with E-state index < -0.39 is 6.10 Å². The first-order chi connectivity index (χ1) is 13.4. The molecule has 1 heterocycles. The van der Waals surface area contributed by atoms with Gasteiger partial charge in [-0.2, -0.15) is 0 Å². The van der Waals surface area contributed by atoms with Crippen LogP contribution in [-0.2, 0) is 9.59 Å². The number of para-hydroxylation sites is 1. The smallest absolute Gasteiger partial charge is 0.268 e. The number of hydrogen-bond donors (Lipinski definition) is 0. The van der Waals surface area contributed by atoms with Gasteiger partial charge < -0.3 is 9.64 Å². The Morgan fingerprint density at radius 2 is 1.86 bits per heavy atom. The van der Waals surface area contributed by atoms with Crippen LogP contribution >= 0.6 is 0 Å². The molecule has 6 nitrogen and oxygen atoms in total. The van der Waals surface area contributed by atoms with Crippen molar-refractivity contribution in [3.63, 3.8) is 0 Å². The van der Waals surface area contributed by atoms with Crippen LogP contribution in [0.5, 0.6) is 5.75 Å². The molecule has 0 saturated heterocycles. The van der Waals surface area contributed by atoms with E-state index in [1.54, 1.807) is 32.2 Å². The van der Waals surface area contributed by atoms with Gasteiger partial charge >= 0.3 is 0 Å². The van der Waals surface area contributed by atoms with Crippen LogP contribution in [0.2, 0.25) is 0 Å². The lowest BCUT2D eigenvalue weighted by molar-refractivity contribution is -0.127. The first-order valence-electron chi connectivity index (χ1n) is 9.39. The molecule has 3 rings (SSSR count). The molecule has 0 spiro atoms. The molecule has 2 aromatic rings. The minimum atomic E-state index is -0.695. The molecule has 6 heteroatoms. The minimum absolute atomic E-state index is 0.00375. The summed E-state index contributed by atoms with van der Waals surface area (Å²) in [5.41, 5.74) is 1.72. The number of ketones is 1. The summed E-state index contributed by atoms with van der Waals surface area (Å²) in [6.45, 7) is 3.46. The van der Waals surface area contributed by atoms with Crippen LogP contribution in [0.25, 0.3) is 0 Å². The number of Topliss-reactive ketones (excluding diaryl/α,β-unsaturated/α-hetero) is 1. The molecule has 1 aliphatic heterocycles. The molecule has 0 bridgehead atoms. The average molecular weight is 380 g/mol. The number of rotatable bonds is 6. The second-order valence-corrected chi connectivity index (χ2v) is 6.83. The van der Waals surface area contributed by atoms with Crippen LogP contribution in [0.3, 0.4) is 0 Å². The van der Waals surface area contributed by atoms with E-state index in [1.807, 2.05) is 37.3 Å². The minimum Gasteiger partial charge on any atom is -0.479 e. The Morgan fingerprint density at radius 3 is 2.54 bits per heavy atom. The average Bonchev–Trinajstić information content (AvgIpc) is 2.71. The maximum Gasteiger partial charge on any atom is 0.268 e. The fraction of sp³-hybridized carbons (Fsp3) is 0.318. The summed E-state index contributed by atoms with van der Waals surface area (Å²) in [7, 11) is 1.67. The second-order valence-electron chi connectivity index (χ2n) is 6.83. The number of nitrogens with zero attached hydrogens (tertiary/aromatic N) is 2. The number of hydrogen-bond acceptors (Lipinski definition) is 4. The third-order valence-corrected chi connectivity index (χ3v) is 4.78. The molecule has 1 aliphatic rings. The zero-order valence-corrected chi connectivity index (χ0v) is 16.3. The van der Waals surface area contributed by atoms with Crippen molar-refractivity contribution in [1.82, 2.24) is 0 Å². The van der Waals surface area contributed by atoms with Gasteiger partial charge in [0, 0.05) is 24.7 Å². The van der Waals surface area contributed by atoms with Crippen LogP contribution in [0.15, 0.2) is 48.5 Å². The third-order valence-electron chi connectivity index (χ3n) is 4.78. The Morgan fingerprint density at radius 1 is 1.14 bits per heavy atom. The molecule has 2 amide bonds. The summed E-state index contributed by atoms with van der Waals surface area (Å²) in [6, 6.07) is 14.3. The summed E-state index contributed by atoms with van der Waals surface area (Å²) in [6.07, 6.45) is 0.478. The Balaban J connectivity index is 1.90. The zero-order valence-electron chi connectivity index (χ0n) is 16.3. The second kappa shape index (κ2) is 8.25. The van der Waals surface area contributed by atoms with E-state index in [0.29, 0.717) is 23.4 Å². The van der Waals surface area contributed by atoms with Crippen molar-refractivity contribution in [2.24, 2.45) is 0 Å². The summed E-state index contributed by atoms with van der Waals surface area (Å²) in [5.74, 6) is -0.0355. The molecular weight excluding hydrogens is 356 g/mol. The van der Waals surface area contributed by atoms with Crippen molar-refractivity contribution in [3.05, 3.63) is 54.1 Å². The van der Waals surface area contributed by atoms with Gasteiger partial charge in [-0.1, -0.05) is 25.1 Å². The highest BCUT2D eigenvalue weighted by atomic mass is 16.5. The standard InChI is InChI=1S/C22H24N2O4/c1-4-8-19(25)16-11-12-20-18(13-16)24(22(27)15(2)28-20)14-21(26)23(3)17-9-6-5-7-10-17/h5-7,9-13,15H,4,8,14H2,1-3H3. The molecule has 146 valence electrons. The highest BCUT2D eigenvalue weighted by molar-refractivity contribution is 6.07. The predicted molar refractivity (Wildman–Crippen MR) is 108 cm³/mol. The number of carbonyl (C=O) groups excluding carboxylic acids is 3. The van der Waals surface area contributed by atoms with Crippen LogP contribution in [-0.4, -0.2) is 37.3 Å². The quantitative estimate of drug-likeness (QED) is 0.720. The fourth-order valence-electron chi connectivity index (χ4n) is 3.15. The van der Waals surface area contributed by atoms with Gasteiger partial charge in [-0.3, -0.25) is 19.3 Å². The molecule has 28 heavy (non-hydrogen) atoms. The van der Waals surface area contributed by atoms with E-state index in [4.69, 9.17) is 4.74 Å². The molecule has 0 N–H and O–H groups in total. The van der Waals surface area contributed by atoms with Gasteiger partial charge in [0.25, 0.3) is 5.91 Å². The van der Waals surface area contributed by atoms with E-state index in [-0.39, 0.29) is 24.1 Å².